The first-order valence-corrected chi connectivity index (χ1v) is 7.45. The predicted octanol–water partition coefficient (Wildman–Crippen LogP) is 4.53. The zero-order chi connectivity index (χ0) is 17.0. The number of amides is 1. The molecule has 23 heavy (non-hydrogen) atoms. The molecule has 1 atom stereocenters. The van der Waals surface area contributed by atoms with Gasteiger partial charge in [-0.3, -0.25) is 4.79 Å². The number of carbonyl (C=O) groups excluding carboxylic acids is 1. The average molecular weight is 360 g/mol. The minimum absolute atomic E-state index is 0.181. The van der Waals surface area contributed by atoms with E-state index in [1.807, 2.05) is 0 Å². The minimum atomic E-state index is -0.725. The Kier molecular flexibility index (Phi) is 5.80. The number of halogens is 4. The van der Waals surface area contributed by atoms with Gasteiger partial charge in [-0.05, 0) is 25.1 Å². The molecule has 3 nitrogen and oxygen atoms in total. The summed E-state index contributed by atoms with van der Waals surface area (Å²) in [5, 5.41) is 3.08. The fourth-order valence-corrected chi connectivity index (χ4v) is 2.30. The molecular weight excluding hydrogens is 347 g/mol. The Morgan fingerprint density at radius 2 is 2.00 bits per heavy atom. The molecule has 2 rings (SSSR count). The summed E-state index contributed by atoms with van der Waals surface area (Å²) in [6, 6.07) is 7.34. The summed E-state index contributed by atoms with van der Waals surface area (Å²) in [7, 11) is 0. The monoisotopic (exact) mass is 359 g/mol. The van der Waals surface area contributed by atoms with Gasteiger partial charge in [-0.1, -0.05) is 35.3 Å². The Morgan fingerprint density at radius 3 is 2.70 bits per heavy atom. The molecule has 0 aliphatic rings. The highest BCUT2D eigenvalue weighted by Crippen LogP contribution is 2.31. The van der Waals surface area contributed by atoms with Crippen LogP contribution in [0.25, 0.3) is 0 Å². The summed E-state index contributed by atoms with van der Waals surface area (Å²) in [6.45, 7) is 1.27. The topological polar surface area (TPSA) is 38.3 Å². The lowest BCUT2D eigenvalue weighted by atomic mass is 10.1. The van der Waals surface area contributed by atoms with Gasteiger partial charge in [0.2, 0.25) is 0 Å². The van der Waals surface area contributed by atoms with Gasteiger partial charge in [-0.25, -0.2) is 8.78 Å². The molecule has 0 aliphatic carbocycles. The highest BCUT2D eigenvalue weighted by atomic mass is 35.5. The molecular formula is C16H13Cl2F2NO2. The molecule has 0 fully saturated rings. The molecule has 0 saturated carbocycles. The first kappa shape index (κ1) is 17.5. The maximum atomic E-state index is 13.6. The molecule has 0 saturated heterocycles. The Balaban J connectivity index is 1.95. The van der Waals surface area contributed by atoms with Crippen LogP contribution >= 0.6 is 23.2 Å². The second-order valence-corrected chi connectivity index (χ2v) is 5.58. The van der Waals surface area contributed by atoms with Crippen LogP contribution in [0.4, 0.5) is 8.78 Å². The second kappa shape index (κ2) is 7.62. The maximum absolute atomic E-state index is 13.6. The fourth-order valence-electron chi connectivity index (χ4n) is 1.95. The Hall–Kier alpha value is -1.85. The Bertz CT molecular complexity index is 725. The van der Waals surface area contributed by atoms with E-state index in [4.69, 9.17) is 27.9 Å². The van der Waals surface area contributed by atoms with Gasteiger partial charge < -0.3 is 10.1 Å². The molecule has 7 heteroatoms. The number of benzene rings is 2. The van der Waals surface area contributed by atoms with Crippen LogP contribution in [0.2, 0.25) is 10.0 Å². The molecule has 122 valence electrons. The van der Waals surface area contributed by atoms with Gasteiger partial charge in [0.1, 0.15) is 22.4 Å². The summed E-state index contributed by atoms with van der Waals surface area (Å²) < 4.78 is 31.8. The number of carbonyl (C=O) groups is 1. The standard InChI is InChI=1S/C16H13Cl2F2NO2/c1-9(11-6-5-10(19)7-13(11)20)21-15(22)8-23-14-4-2-3-12(17)16(14)18/h2-7,9H,8H2,1H3,(H,21,22)/t9-/m0/s1. The number of ether oxygens (including phenoxy) is 1. The maximum Gasteiger partial charge on any atom is 0.258 e. The van der Waals surface area contributed by atoms with Crippen molar-refractivity contribution >= 4 is 29.1 Å². The van der Waals surface area contributed by atoms with Crippen LogP contribution < -0.4 is 10.1 Å². The normalized spacial score (nSPS) is 11.9. The van der Waals surface area contributed by atoms with Crippen LogP contribution in [0.1, 0.15) is 18.5 Å². The van der Waals surface area contributed by atoms with Gasteiger partial charge >= 0.3 is 0 Å². The van der Waals surface area contributed by atoms with Crippen LogP contribution in [-0.4, -0.2) is 12.5 Å². The lowest BCUT2D eigenvalue weighted by Gasteiger charge is -2.16. The van der Waals surface area contributed by atoms with Crippen LogP contribution in [0.15, 0.2) is 36.4 Å². The first-order chi connectivity index (χ1) is 10.9. The van der Waals surface area contributed by atoms with E-state index in [1.54, 1.807) is 25.1 Å². The molecule has 1 N–H and O–H groups in total. The molecule has 0 bridgehead atoms. The lowest BCUT2D eigenvalue weighted by Crippen LogP contribution is -2.31. The van der Waals surface area contributed by atoms with Gasteiger partial charge in [0, 0.05) is 11.6 Å². The summed E-state index contributed by atoms with van der Waals surface area (Å²) in [5.74, 6) is -1.60. The quantitative estimate of drug-likeness (QED) is 0.851. The fraction of sp³-hybridized carbons (Fsp3) is 0.188. The largest absolute Gasteiger partial charge is 0.482 e. The second-order valence-electron chi connectivity index (χ2n) is 4.80. The van der Waals surface area contributed by atoms with Crippen molar-refractivity contribution in [3.05, 3.63) is 63.6 Å². The van der Waals surface area contributed by atoms with Crippen LogP contribution in [0.3, 0.4) is 0 Å². The third kappa shape index (κ3) is 4.56. The molecule has 1 amide bonds. The molecule has 0 unspecified atom stereocenters. The SMILES string of the molecule is C[C@H](NC(=O)COc1cccc(Cl)c1Cl)c1ccc(F)cc1F. The van der Waals surface area contributed by atoms with Crippen molar-refractivity contribution in [1.29, 1.82) is 0 Å². The van der Waals surface area contributed by atoms with E-state index >= 15 is 0 Å². The van der Waals surface area contributed by atoms with Crippen LogP contribution in [0, 0.1) is 11.6 Å². The van der Waals surface area contributed by atoms with Gasteiger partial charge in [0.25, 0.3) is 5.91 Å². The van der Waals surface area contributed by atoms with Crippen molar-refractivity contribution in [3.8, 4) is 5.75 Å². The smallest absolute Gasteiger partial charge is 0.258 e. The molecule has 0 radical (unpaired) electrons. The van der Waals surface area contributed by atoms with Gasteiger partial charge in [-0.2, -0.15) is 0 Å². The lowest BCUT2D eigenvalue weighted by molar-refractivity contribution is -0.123. The number of rotatable bonds is 5. The zero-order valence-corrected chi connectivity index (χ0v) is 13.6. The highest BCUT2D eigenvalue weighted by Gasteiger charge is 2.15. The van der Waals surface area contributed by atoms with Crippen molar-refractivity contribution in [3.63, 3.8) is 0 Å². The van der Waals surface area contributed by atoms with Crippen molar-refractivity contribution < 1.29 is 18.3 Å². The van der Waals surface area contributed by atoms with Crippen LogP contribution in [-0.2, 0) is 4.79 Å². The first-order valence-electron chi connectivity index (χ1n) is 6.69. The Labute approximate surface area is 142 Å². The molecule has 0 aliphatic heterocycles. The Morgan fingerprint density at radius 1 is 1.26 bits per heavy atom. The third-order valence-corrected chi connectivity index (χ3v) is 3.88. The van der Waals surface area contributed by atoms with Gasteiger partial charge in [-0.15, -0.1) is 0 Å². The van der Waals surface area contributed by atoms with E-state index in [9.17, 15) is 13.6 Å². The number of hydrogen-bond acceptors (Lipinski definition) is 2. The summed E-state index contributed by atoms with van der Waals surface area (Å²) in [4.78, 5) is 11.9. The summed E-state index contributed by atoms with van der Waals surface area (Å²) in [6.07, 6.45) is 0. The summed E-state index contributed by atoms with van der Waals surface area (Å²) >= 11 is 11.8. The molecule has 0 heterocycles. The summed E-state index contributed by atoms with van der Waals surface area (Å²) in [5.41, 5.74) is 0.181. The molecule has 0 spiro atoms. The molecule has 0 aromatic heterocycles. The van der Waals surface area contributed by atoms with E-state index in [-0.39, 0.29) is 22.9 Å². The van der Waals surface area contributed by atoms with Crippen molar-refractivity contribution in [2.24, 2.45) is 0 Å². The van der Waals surface area contributed by atoms with Crippen molar-refractivity contribution in [2.45, 2.75) is 13.0 Å². The molecule has 2 aromatic rings. The minimum Gasteiger partial charge on any atom is -0.482 e. The highest BCUT2D eigenvalue weighted by molar-refractivity contribution is 6.42. The van der Waals surface area contributed by atoms with Crippen molar-refractivity contribution in [1.82, 2.24) is 5.32 Å². The predicted molar refractivity (Wildman–Crippen MR) is 84.9 cm³/mol. The van der Waals surface area contributed by atoms with E-state index in [0.717, 1.165) is 12.1 Å². The van der Waals surface area contributed by atoms with E-state index in [0.29, 0.717) is 5.02 Å². The average Bonchev–Trinajstić information content (AvgIpc) is 2.48. The van der Waals surface area contributed by atoms with E-state index in [2.05, 4.69) is 5.32 Å². The number of hydrogen-bond donors (Lipinski definition) is 1. The van der Waals surface area contributed by atoms with E-state index in [1.165, 1.54) is 6.07 Å². The number of nitrogens with one attached hydrogen (secondary N) is 1. The van der Waals surface area contributed by atoms with Gasteiger partial charge in [0.15, 0.2) is 6.61 Å². The van der Waals surface area contributed by atoms with Gasteiger partial charge in [0.05, 0.1) is 11.1 Å². The molecule has 2 aromatic carbocycles. The third-order valence-electron chi connectivity index (χ3n) is 3.08. The zero-order valence-electron chi connectivity index (χ0n) is 12.1. The van der Waals surface area contributed by atoms with Crippen LogP contribution in [0.5, 0.6) is 5.75 Å². The van der Waals surface area contributed by atoms with E-state index < -0.39 is 23.6 Å². The van der Waals surface area contributed by atoms with Crippen molar-refractivity contribution in [2.75, 3.05) is 6.61 Å².